The van der Waals surface area contributed by atoms with Crippen LogP contribution in [0.2, 0.25) is 0 Å². The van der Waals surface area contributed by atoms with E-state index in [0.717, 1.165) is 37.0 Å². The van der Waals surface area contributed by atoms with E-state index in [0.29, 0.717) is 19.4 Å². The Morgan fingerprint density at radius 3 is 2.25 bits per heavy atom. The highest BCUT2D eigenvalue weighted by Crippen LogP contribution is 2.22. The Balaban J connectivity index is 2.62. The minimum atomic E-state index is -1.33. The van der Waals surface area contributed by atoms with Crippen LogP contribution in [-0.4, -0.2) is 29.4 Å². The van der Waals surface area contributed by atoms with Crippen molar-refractivity contribution in [3.05, 3.63) is 29.8 Å². The second-order valence-electron chi connectivity index (χ2n) is 5.94. The fourth-order valence-corrected chi connectivity index (χ4v) is 2.38. The molecule has 24 heavy (non-hydrogen) atoms. The number of carbonyl (C=O) groups excluding carboxylic acids is 1. The lowest BCUT2D eigenvalue weighted by atomic mass is 9.90. The lowest BCUT2D eigenvalue weighted by Crippen LogP contribution is -2.45. The molecule has 2 N–H and O–H groups in total. The van der Waals surface area contributed by atoms with Gasteiger partial charge >= 0.3 is 0 Å². The highest BCUT2D eigenvalue weighted by Gasteiger charge is 2.34. The molecule has 0 bridgehead atoms. The molecule has 0 spiro atoms. The largest absolute Gasteiger partial charge is 0.494 e. The molecule has 0 heterocycles. The molecule has 0 aliphatic rings. The summed E-state index contributed by atoms with van der Waals surface area (Å²) in [5.41, 5.74) is 2.00. The third-order valence-electron chi connectivity index (χ3n) is 3.88. The molecular formula is C19H30N2O3. The Morgan fingerprint density at radius 2 is 1.75 bits per heavy atom. The van der Waals surface area contributed by atoms with Crippen LogP contribution in [0.1, 0.15) is 64.9 Å². The van der Waals surface area contributed by atoms with Gasteiger partial charge in [0.25, 0.3) is 5.91 Å². The lowest BCUT2D eigenvalue weighted by Gasteiger charge is -2.25. The SMILES string of the molecule is CCCCC(O)(CCCC)C(=O)N/N=C/c1ccc(OCC)cc1. The molecule has 0 saturated carbocycles. The van der Waals surface area contributed by atoms with E-state index >= 15 is 0 Å². The van der Waals surface area contributed by atoms with E-state index in [-0.39, 0.29) is 0 Å². The molecule has 1 aromatic rings. The highest BCUT2D eigenvalue weighted by atomic mass is 16.5. The van der Waals surface area contributed by atoms with Crippen molar-refractivity contribution in [2.45, 2.75) is 64.9 Å². The van der Waals surface area contributed by atoms with Gasteiger partial charge in [-0.1, -0.05) is 39.5 Å². The molecule has 1 amide bonds. The molecule has 0 aliphatic heterocycles. The fourth-order valence-electron chi connectivity index (χ4n) is 2.38. The van der Waals surface area contributed by atoms with Gasteiger partial charge in [0.05, 0.1) is 12.8 Å². The van der Waals surface area contributed by atoms with Crippen molar-refractivity contribution < 1.29 is 14.6 Å². The molecule has 0 saturated heterocycles. The summed E-state index contributed by atoms with van der Waals surface area (Å²) in [5, 5.41) is 14.6. The normalized spacial score (nSPS) is 11.7. The Kier molecular flexibility index (Phi) is 9.08. The number of unbranched alkanes of at least 4 members (excludes halogenated alkanes) is 2. The van der Waals surface area contributed by atoms with Crippen molar-refractivity contribution in [1.29, 1.82) is 0 Å². The third-order valence-corrected chi connectivity index (χ3v) is 3.88. The number of amides is 1. The van der Waals surface area contributed by atoms with Crippen molar-refractivity contribution in [2.24, 2.45) is 5.10 Å². The predicted molar refractivity (Wildman–Crippen MR) is 97.3 cm³/mol. The van der Waals surface area contributed by atoms with Crippen LogP contribution in [-0.2, 0) is 4.79 Å². The van der Waals surface area contributed by atoms with E-state index in [4.69, 9.17) is 4.74 Å². The van der Waals surface area contributed by atoms with Crippen molar-refractivity contribution in [3.63, 3.8) is 0 Å². The highest BCUT2D eigenvalue weighted by molar-refractivity contribution is 5.87. The average molecular weight is 334 g/mol. The van der Waals surface area contributed by atoms with Crippen LogP contribution >= 0.6 is 0 Å². The molecule has 134 valence electrons. The monoisotopic (exact) mass is 334 g/mol. The van der Waals surface area contributed by atoms with Gasteiger partial charge in [-0.05, 0) is 49.6 Å². The number of hydrogen-bond acceptors (Lipinski definition) is 4. The first kappa shape index (κ1) is 20.2. The van der Waals surface area contributed by atoms with E-state index in [2.05, 4.69) is 10.5 Å². The van der Waals surface area contributed by atoms with Crippen LogP contribution in [0.5, 0.6) is 5.75 Å². The Labute approximate surface area is 145 Å². The molecule has 0 unspecified atom stereocenters. The summed E-state index contributed by atoms with van der Waals surface area (Å²) in [7, 11) is 0. The fraction of sp³-hybridized carbons (Fsp3) is 0.579. The first-order valence-electron chi connectivity index (χ1n) is 8.84. The first-order chi connectivity index (χ1) is 11.6. The lowest BCUT2D eigenvalue weighted by molar-refractivity contribution is -0.141. The maximum atomic E-state index is 12.3. The molecule has 0 radical (unpaired) electrons. The average Bonchev–Trinajstić information content (AvgIpc) is 2.59. The van der Waals surface area contributed by atoms with Crippen LogP contribution in [0.3, 0.4) is 0 Å². The number of benzene rings is 1. The number of carbonyl (C=O) groups is 1. The Hall–Kier alpha value is -1.88. The summed E-state index contributed by atoms with van der Waals surface area (Å²) < 4.78 is 5.38. The van der Waals surface area contributed by atoms with Gasteiger partial charge in [-0.2, -0.15) is 5.10 Å². The summed E-state index contributed by atoms with van der Waals surface area (Å²) in [4.78, 5) is 12.3. The molecule has 1 rings (SSSR count). The van der Waals surface area contributed by atoms with Gasteiger partial charge in [-0.3, -0.25) is 4.79 Å². The van der Waals surface area contributed by atoms with Crippen LogP contribution in [0.25, 0.3) is 0 Å². The summed E-state index contributed by atoms with van der Waals surface area (Å²) in [5.74, 6) is 0.374. The van der Waals surface area contributed by atoms with Crippen molar-refractivity contribution in [2.75, 3.05) is 6.61 Å². The number of hydrazone groups is 1. The molecule has 5 nitrogen and oxygen atoms in total. The number of aliphatic hydroxyl groups is 1. The predicted octanol–water partition coefficient (Wildman–Crippen LogP) is 3.65. The molecule has 0 fully saturated rings. The minimum Gasteiger partial charge on any atom is -0.494 e. The molecule has 0 aliphatic carbocycles. The molecule has 5 heteroatoms. The van der Waals surface area contributed by atoms with Gasteiger partial charge in [0.1, 0.15) is 11.4 Å². The van der Waals surface area contributed by atoms with Gasteiger partial charge in [-0.25, -0.2) is 5.43 Å². The first-order valence-corrected chi connectivity index (χ1v) is 8.84. The van der Waals surface area contributed by atoms with Crippen molar-refractivity contribution >= 4 is 12.1 Å². The van der Waals surface area contributed by atoms with Gasteiger partial charge in [-0.15, -0.1) is 0 Å². The minimum absolute atomic E-state index is 0.424. The third kappa shape index (κ3) is 6.71. The smallest absolute Gasteiger partial charge is 0.271 e. The van der Waals surface area contributed by atoms with Gasteiger partial charge < -0.3 is 9.84 Å². The Bertz CT molecular complexity index is 504. The van der Waals surface area contributed by atoms with Crippen LogP contribution in [0.4, 0.5) is 0 Å². The maximum absolute atomic E-state index is 12.3. The van der Waals surface area contributed by atoms with Crippen LogP contribution in [0, 0.1) is 0 Å². The maximum Gasteiger partial charge on any atom is 0.271 e. The van der Waals surface area contributed by atoms with E-state index in [1.54, 1.807) is 6.21 Å². The summed E-state index contributed by atoms with van der Waals surface area (Å²) in [6.07, 6.45) is 6.01. The molecule has 1 aromatic carbocycles. The van der Waals surface area contributed by atoms with E-state index in [1.165, 1.54) is 0 Å². The molecular weight excluding hydrogens is 304 g/mol. The summed E-state index contributed by atoms with van der Waals surface area (Å²) in [6, 6.07) is 7.43. The second kappa shape index (κ2) is 10.8. The zero-order valence-corrected chi connectivity index (χ0v) is 15.0. The van der Waals surface area contributed by atoms with E-state index in [9.17, 15) is 9.90 Å². The Morgan fingerprint density at radius 1 is 1.17 bits per heavy atom. The number of nitrogens with one attached hydrogen (secondary N) is 1. The number of rotatable bonds is 11. The van der Waals surface area contributed by atoms with Gasteiger partial charge in [0.15, 0.2) is 0 Å². The quantitative estimate of drug-likeness (QED) is 0.479. The molecule has 0 atom stereocenters. The summed E-state index contributed by atoms with van der Waals surface area (Å²) in [6.45, 7) is 6.64. The number of nitrogens with zero attached hydrogens (tertiary/aromatic N) is 1. The van der Waals surface area contributed by atoms with Crippen molar-refractivity contribution in [3.8, 4) is 5.75 Å². The van der Waals surface area contributed by atoms with Crippen LogP contribution < -0.4 is 10.2 Å². The zero-order valence-electron chi connectivity index (χ0n) is 15.0. The number of ether oxygens (including phenoxy) is 1. The van der Waals surface area contributed by atoms with Crippen LogP contribution in [0.15, 0.2) is 29.4 Å². The van der Waals surface area contributed by atoms with Gasteiger partial charge in [0.2, 0.25) is 0 Å². The van der Waals surface area contributed by atoms with Crippen molar-refractivity contribution in [1.82, 2.24) is 5.43 Å². The second-order valence-corrected chi connectivity index (χ2v) is 5.94. The topological polar surface area (TPSA) is 70.9 Å². The zero-order chi connectivity index (χ0) is 17.8. The number of hydrogen-bond donors (Lipinski definition) is 2. The molecule has 0 aromatic heterocycles. The summed E-state index contributed by atoms with van der Waals surface area (Å²) >= 11 is 0. The van der Waals surface area contributed by atoms with E-state index < -0.39 is 11.5 Å². The van der Waals surface area contributed by atoms with E-state index in [1.807, 2.05) is 45.0 Å². The standard InChI is InChI=1S/C19H30N2O3/c1-4-7-13-19(23,14-8-5-2)18(22)21-20-15-16-9-11-17(12-10-16)24-6-3/h9-12,15,23H,4-8,13-14H2,1-3H3,(H,21,22)/b20-15+. The van der Waals surface area contributed by atoms with Gasteiger partial charge in [0, 0.05) is 0 Å².